The van der Waals surface area contributed by atoms with Crippen LogP contribution < -0.4 is 9.64 Å². The lowest BCUT2D eigenvalue weighted by Gasteiger charge is -2.30. The Balaban J connectivity index is 1.74. The van der Waals surface area contributed by atoms with E-state index >= 15 is 0 Å². The van der Waals surface area contributed by atoms with Gasteiger partial charge in [0.15, 0.2) is 0 Å². The fourth-order valence-electron chi connectivity index (χ4n) is 4.95. The lowest BCUT2D eigenvalue weighted by atomic mass is 10.0. The predicted octanol–water partition coefficient (Wildman–Crippen LogP) is 5.70. The number of para-hydroxylation sites is 1. The van der Waals surface area contributed by atoms with E-state index in [1.807, 2.05) is 41.6 Å². The number of hydrogen-bond donors (Lipinski definition) is 0. The van der Waals surface area contributed by atoms with Crippen molar-refractivity contribution in [2.45, 2.75) is 45.2 Å². The molecule has 0 unspecified atom stereocenters. The number of pyridine rings is 1. The molecule has 36 heavy (non-hydrogen) atoms. The summed E-state index contributed by atoms with van der Waals surface area (Å²) >= 11 is 0. The molecule has 0 N–H and O–H groups in total. The third kappa shape index (κ3) is 6.71. The molecular formula is C30H37N3O3. The number of carbonyl (C=O) groups is 1. The van der Waals surface area contributed by atoms with Crippen LogP contribution in [0.15, 0.2) is 67.0 Å². The molecule has 2 aromatic carbocycles. The molecule has 3 aromatic rings. The maximum atomic E-state index is 13.2. The molecule has 0 spiro atoms. The van der Waals surface area contributed by atoms with Gasteiger partial charge in [-0.05, 0) is 66.4 Å². The first kappa shape index (κ1) is 25.9. The smallest absolute Gasteiger partial charge is 0.252 e. The quantitative estimate of drug-likeness (QED) is 0.446. The summed E-state index contributed by atoms with van der Waals surface area (Å²) < 4.78 is 10.9. The lowest BCUT2D eigenvalue weighted by molar-refractivity contribution is -0.122. The summed E-state index contributed by atoms with van der Waals surface area (Å²) in [5, 5.41) is 0. The Hall–Kier alpha value is -3.22. The second-order valence-electron chi connectivity index (χ2n) is 9.35. The van der Waals surface area contributed by atoms with Gasteiger partial charge in [-0.1, -0.05) is 43.5 Å². The molecule has 0 saturated carbocycles. The van der Waals surface area contributed by atoms with Crippen molar-refractivity contribution >= 4 is 11.6 Å². The van der Waals surface area contributed by atoms with Gasteiger partial charge in [-0.25, -0.2) is 0 Å². The third-order valence-corrected chi connectivity index (χ3v) is 6.79. The van der Waals surface area contributed by atoms with Crippen molar-refractivity contribution in [2.24, 2.45) is 0 Å². The van der Waals surface area contributed by atoms with Gasteiger partial charge in [0.05, 0.1) is 7.11 Å². The molecule has 0 atom stereocenters. The average molecular weight is 488 g/mol. The minimum Gasteiger partial charge on any atom is -0.496 e. The molecule has 0 radical (unpaired) electrons. The number of carbonyl (C=O) groups excluding carboxylic acids is 1. The van der Waals surface area contributed by atoms with Crippen molar-refractivity contribution in [2.75, 3.05) is 38.8 Å². The standard InChI is InChI=1S/C30H37N3O3/c1-35-23-30(34)33-19-9-5-3-4-8-18-32(21-26-10-6-7-11-29(26)36-2)22-27-20-25(12-13-28(27)33)24-14-16-31-17-15-24/h6-7,10-17,20H,3-5,8-9,18-19,21-23H2,1-2H3. The zero-order chi connectivity index (χ0) is 25.2. The number of hydrogen-bond acceptors (Lipinski definition) is 5. The van der Waals surface area contributed by atoms with E-state index in [1.54, 1.807) is 14.2 Å². The highest BCUT2D eigenvalue weighted by Crippen LogP contribution is 2.31. The molecule has 0 bridgehead atoms. The zero-order valence-corrected chi connectivity index (χ0v) is 21.5. The van der Waals surface area contributed by atoms with Crippen LogP contribution in [-0.2, 0) is 22.6 Å². The highest BCUT2D eigenvalue weighted by Gasteiger charge is 2.21. The van der Waals surface area contributed by atoms with Crippen LogP contribution >= 0.6 is 0 Å². The van der Waals surface area contributed by atoms with E-state index in [1.165, 1.54) is 18.4 Å². The van der Waals surface area contributed by atoms with Crippen LogP contribution in [0.2, 0.25) is 0 Å². The molecule has 0 fully saturated rings. The normalized spacial score (nSPS) is 15.4. The average Bonchev–Trinajstić information content (AvgIpc) is 2.90. The van der Waals surface area contributed by atoms with Gasteiger partial charge in [-0.2, -0.15) is 0 Å². The number of benzene rings is 2. The van der Waals surface area contributed by atoms with E-state index in [0.29, 0.717) is 6.54 Å². The number of anilines is 1. The first-order valence-electron chi connectivity index (χ1n) is 12.9. The fraction of sp³-hybridized carbons (Fsp3) is 0.400. The van der Waals surface area contributed by atoms with Crippen LogP contribution in [0, 0.1) is 0 Å². The van der Waals surface area contributed by atoms with Crippen LogP contribution in [0.4, 0.5) is 5.69 Å². The van der Waals surface area contributed by atoms with Crippen LogP contribution in [0.25, 0.3) is 11.1 Å². The molecule has 0 aliphatic carbocycles. The lowest BCUT2D eigenvalue weighted by Crippen LogP contribution is -2.36. The van der Waals surface area contributed by atoms with Gasteiger partial charge in [-0.3, -0.25) is 14.7 Å². The highest BCUT2D eigenvalue weighted by molar-refractivity contribution is 5.95. The van der Waals surface area contributed by atoms with E-state index in [2.05, 4.69) is 40.2 Å². The molecule has 1 amide bonds. The Labute approximate surface area is 214 Å². The first-order valence-corrected chi connectivity index (χ1v) is 12.9. The van der Waals surface area contributed by atoms with Gasteiger partial charge >= 0.3 is 0 Å². The fourth-order valence-corrected chi connectivity index (χ4v) is 4.95. The molecular weight excluding hydrogens is 450 g/mol. The number of ether oxygens (including phenoxy) is 2. The molecule has 2 heterocycles. The summed E-state index contributed by atoms with van der Waals surface area (Å²) in [7, 11) is 3.31. The number of aromatic nitrogens is 1. The number of rotatable bonds is 6. The topological polar surface area (TPSA) is 54.9 Å². The largest absolute Gasteiger partial charge is 0.496 e. The summed E-state index contributed by atoms with van der Waals surface area (Å²) in [6.45, 7) is 3.30. The van der Waals surface area contributed by atoms with Crippen molar-refractivity contribution in [3.63, 3.8) is 0 Å². The van der Waals surface area contributed by atoms with Gasteiger partial charge in [0.2, 0.25) is 0 Å². The van der Waals surface area contributed by atoms with E-state index < -0.39 is 0 Å². The summed E-state index contributed by atoms with van der Waals surface area (Å²) in [5.41, 5.74) is 5.53. The SMILES string of the molecule is COCC(=O)N1CCCCCCCN(Cc2ccccc2OC)Cc2cc(-c3ccncc3)ccc21. The zero-order valence-electron chi connectivity index (χ0n) is 21.5. The molecule has 1 aromatic heterocycles. The van der Waals surface area contributed by atoms with Gasteiger partial charge in [0.1, 0.15) is 12.4 Å². The van der Waals surface area contributed by atoms with E-state index in [9.17, 15) is 4.79 Å². The second-order valence-corrected chi connectivity index (χ2v) is 9.35. The summed E-state index contributed by atoms with van der Waals surface area (Å²) in [6, 6.07) is 18.7. The van der Waals surface area contributed by atoms with Crippen molar-refractivity contribution in [1.82, 2.24) is 9.88 Å². The number of fused-ring (bicyclic) bond motifs is 1. The Bertz CT molecular complexity index is 1120. The molecule has 6 nitrogen and oxygen atoms in total. The van der Waals surface area contributed by atoms with Crippen molar-refractivity contribution in [3.05, 3.63) is 78.1 Å². The molecule has 190 valence electrons. The maximum absolute atomic E-state index is 13.2. The van der Waals surface area contributed by atoms with Crippen LogP contribution in [0.5, 0.6) is 5.75 Å². The monoisotopic (exact) mass is 487 g/mol. The van der Waals surface area contributed by atoms with Crippen LogP contribution in [0.1, 0.15) is 43.2 Å². The highest BCUT2D eigenvalue weighted by atomic mass is 16.5. The van der Waals surface area contributed by atoms with Crippen LogP contribution in [-0.4, -0.2) is 49.7 Å². The van der Waals surface area contributed by atoms with Gasteiger partial charge < -0.3 is 14.4 Å². The predicted molar refractivity (Wildman–Crippen MR) is 144 cm³/mol. The number of methoxy groups -OCH3 is 2. The van der Waals surface area contributed by atoms with Gasteiger partial charge in [0, 0.05) is 50.4 Å². The Kier molecular flexibility index (Phi) is 9.47. The molecule has 0 saturated heterocycles. The Morgan fingerprint density at radius 2 is 1.64 bits per heavy atom. The van der Waals surface area contributed by atoms with E-state index in [0.717, 1.165) is 67.0 Å². The van der Waals surface area contributed by atoms with Crippen LogP contribution in [0.3, 0.4) is 0 Å². The van der Waals surface area contributed by atoms with Crippen molar-refractivity contribution < 1.29 is 14.3 Å². The first-order chi connectivity index (χ1) is 17.7. The van der Waals surface area contributed by atoms with Gasteiger partial charge in [0.25, 0.3) is 5.91 Å². The Morgan fingerprint density at radius 1 is 0.889 bits per heavy atom. The molecule has 1 aliphatic rings. The number of amides is 1. The van der Waals surface area contributed by atoms with E-state index in [4.69, 9.17) is 9.47 Å². The minimum absolute atomic E-state index is 0.00347. The third-order valence-electron chi connectivity index (χ3n) is 6.79. The number of nitrogens with zero attached hydrogens (tertiary/aromatic N) is 3. The van der Waals surface area contributed by atoms with E-state index in [-0.39, 0.29) is 12.5 Å². The van der Waals surface area contributed by atoms with Gasteiger partial charge in [-0.15, -0.1) is 0 Å². The minimum atomic E-state index is 0.00347. The molecule has 4 rings (SSSR count). The summed E-state index contributed by atoms with van der Waals surface area (Å²) in [6.07, 6.45) is 9.27. The Morgan fingerprint density at radius 3 is 2.42 bits per heavy atom. The summed E-state index contributed by atoms with van der Waals surface area (Å²) in [5.74, 6) is 0.912. The summed E-state index contributed by atoms with van der Waals surface area (Å²) in [4.78, 5) is 21.7. The molecule has 6 heteroatoms. The van der Waals surface area contributed by atoms with Crippen molar-refractivity contribution in [1.29, 1.82) is 0 Å². The van der Waals surface area contributed by atoms with Crippen molar-refractivity contribution in [3.8, 4) is 16.9 Å². The molecule has 1 aliphatic heterocycles. The maximum Gasteiger partial charge on any atom is 0.252 e. The second kappa shape index (κ2) is 13.2.